The van der Waals surface area contributed by atoms with Crippen molar-refractivity contribution in [2.24, 2.45) is 5.92 Å². The summed E-state index contributed by atoms with van der Waals surface area (Å²) < 4.78 is 5.46. The van der Waals surface area contributed by atoms with Gasteiger partial charge in [-0.15, -0.1) is 0 Å². The van der Waals surface area contributed by atoms with E-state index in [4.69, 9.17) is 4.74 Å². The van der Waals surface area contributed by atoms with Gasteiger partial charge in [0.25, 0.3) is 0 Å². The first kappa shape index (κ1) is 13.4. The van der Waals surface area contributed by atoms with E-state index in [1.54, 1.807) is 7.11 Å². The van der Waals surface area contributed by atoms with Crippen molar-refractivity contribution in [3.8, 4) is 5.75 Å². The van der Waals surface area contributed by atoms with Crippen LogP contribution in [0.25, 0.3) is 0 Å². The van der Waals surface area contributed by atoms with E-state index < -0.39 is 0 Å². The summed E-state index contributed by atoms with van der Waals surface area (Å²) in [5, 5.41) is 3.72. The Bertz CT molecular complexity index is 358. The van der Waals surface area contributed by atoms with Crippen LogP contribution in [0.15, 0.2) is 24.3 Å². The van der Waals surface area contributed by atoms with Crippen molar-refractivity contribution in [2.75, 3.05) is 13.7 Å². The van der Waals surface area contributed by atoms with Gasteiger partial charge < -0.3 is 10.1 Å². The van der Waals surface area contributed by atoms with Crippen LogP contribution in [-0.4, -0.2) is 13.7 Å². The number of ether oxygens (including phenoxy) is 1. The molecule has 0 radical (unpaired) electrons. The molecule has 1 unspecified atom stereocenters. The summed E-state index contributed by atoms with van der Waals surface area (Å²) in [6.07, 6.45) is 6.73. The molecule has 1 fully saturated rings. The lowest BCUT2D eigenvalue weighted by molar-refractivity contribution is 0.386. The number of rotatable bonds is 6. The Morgan fingerprint density at radius 2 is 2.00 bits per heavy atom. The third-order valence-corrected chi connectivity index (χ3v) is 4.05. The molecule has 100 valence electrons. The minimum Gasteiger partial charge on any atom is -0.496 e. The average Bonchev–Trinajstić information content (AvgIpc) is 2.93. The lowest BCUT2D eigenvalue weighted by Crippen LogP contribution is -2.26. The van der Waals surface area contributed by atoms with E-state index in [2.05, 4.69) is 30.4 Å². The van der Waals surface area contributed by atoms with E-state index in [0.29, 0.717) is 6.04 Å². The second-order valence-electron chi connectivity index (χ2n) is 5.26. The fourth-order valence-electron chi connectivity index (χ4n) is 2.95. The largest absolute Gasteiger partial charge is 0.496 e. The Kier molecular flexibility index (Phi) is 5.06. The molecule has 1 aliphatic carbocycles. The molecule has 2 nitrogen and oxygen atoms in total. The molecule has 2 rings (SSSR count). The zero-order valence-corrected chi connectivity index (χ0v) is 11.6. The van der Waals surface area contributed by atoms with Gasteiger partial charge in [0.15, 0.2) is 0 Å². The Labute approximate surface area is 111 Å². The van der Waals surface area contributed by atoms with Crippen molar-refractivity contribution < 1.29 is 4.74 Å². The molecule has 0 heterocycles. The lowest BCUT2D eigenvalue weighted by Gasteiger charge is -2.21. The Hall–Kier alpha value is -1.02. The molecule has 1 atom stereocenters. The van der Waals surface area contributed by atoms with Crippen molar-refractivity contribution in [3.63, 3.8) is 0 Å². The van der Waals surface area contributed by atoms with Crippen LogP contribution in [0.3, 0.4) is 0 Å². The van der Waals surface area contributed by atoms with Crippen LogP contribution < -0.4 is 10.1 Å². The zero-order chi connectivity index (χ0) is 12.8. The van der Waals surface area contributed by atoms with Crippen LogP contribution in [0.4, 0.5) is 0 Å². The highest BCUT2D eigenvalue weighted by Crippen LogP contribution is 2.29. The van der Waals surface area contributed by atoms with Gasteiger partial charge >= 0.3 is 0 Å². The topological polar surface area (TPSA) is 21.3 Å². The highest BCUT2D eigenvalue weighted by Gasteiger charge is 2.18. The maximum absolute atomic E-state index is 5.46. The van der Waals surface area contributed by atoms with Gasteiger partial charge in [-0.1, -0.05) is 38.0 Å². The van der Waals surface area contributed by atoms with Crippen LogP contribution in [0.2, 0.25) is 0 Å². The number of methoxy groups -OCH3 is 1. The first-order chi connectivity index (χ1) is 8.85. The molecule has 1 N–H and O–H groups in total. The van der Waals surface area contributed by atoms with E-state index in [0.717, 1.165) is 24.6 Å². The van der Waals surface area contributed by atoms with E-state index in [1.165, 1.54) is 31.2 Å². The second kappa shape index (κ2) is 6.79. The van der Waals surface area contributed by atoms with Crippen LogP contribution in [-0.2, 0) is 0 Å². The summed E-state index contributed by atoms with van der Waals surface area (Å²) in [7, 11) is 1.75. The van der Waals surface area contributed by atoms with Crippen molar-refractivity contribution in [2.45, 2.75) is 45.1 Å². The van der Waals surface area contributed by atoms with Crippen molar-refractivity contribution in [3.05, 3.63) is 29.8 Å². The van der Waals surface area contributed by atoms with Gasteiger partial charge in [-0.2, -0.15) is 0 Å². The average molecular weight is 247 g/mol. The predicted molar refractivity (Wildman–Crippen MR) is 76.0 cm³/mol. The van der Waals surface area contributed by atoms with Crippen LogP contribution >= 0.6 is 0 Å². The lowest BCUT2D eigenvalue weighted by atomic mass is 10.0. The monoisotopic (exact) mass is 247 g/mol. The van der Waals surface area contributed by atoms with Gasteiger partial charge in [0.05, 0.1) is 7.11 Å². The van der Waals surface area contributed by atoms with Crippen molar-refractivity contribution in [1.82, 2.24) is 5.32 Å². The van der Waals surface area contributed by atoms with E-state index in [-0.39, 0.29) is 0 Å². The molecule has 1 aliphatic rings. The van der Waals surface area contributed by atoms with Crippen molar-refractivity contribution >= 4 is 0 Å². The zero-order valence-electron chi connectivity index (χ0n) is 11.6. The fourth-order valence-corrected chi connectivity index (χ4v) is 2.95. The Morgan fingerprint density at radius 1 is 1.28 bits per heavy atom. The smallest absolute Gasteiger partial charge is 0.123 e. The van der Waals surface area contributed by atoms with Crippen LogP contribution in [0, 0.1) is 5.92 Å². The summed E-state index contributed by atoms with van der Waals surface area (Å²) in [5.74, 6) is 1.89. The SMILES string of the molecule is CCC(NCC1CCCC1)c1ccccc1OC. The summed E-state index contributed by atoms with van der Waals surface area (Å²) in [4.78, 5) is 0. The summed E-state index contributed by atoms with van der Waals surface area (Å²) in [6.45, 7) is 3.38. The number of hydrogen-bond acceptors (Lipinski definition) is 2. The first-order valence-corrected chi connectivity index (χ1v) is 7.21. The molecule has 0 aromatic heterocycles. The second-order valence-corrected chi connectivity index (χ2v) is 5.26. The van der Waals surface area contributed by atoms with Gasteiger partial charge in [0, 0.05) is 11.6 Å². The number of benzene rings is 1. The number of para-hydroxylation sites is 1. The molecule has 0 amide bonds. The molecule has 1 aromatic carbocycles. The van der Waals surface area contributed by atoms with Gasteiger partial charge in [0.2, 0.25) is 0 Å². The van der Waals surface area contributed by atoms with E-state index in [1.807, 2.05) is 6.07 Å². The minimum atomic E-state index is 0.418. The normalized spacial score (nSPS) is 17.9. The fraction of sp³-hybridized carbons (Fsp3) is 0.625. The van der Waals surface area contributed by atoms with Crippen molar-refractivity contribution in [1.29, 1.82) is 0 Å². The summed E-state index contributed by atoms with van der Waals surface area (Å²) in [5.41, 5.74) is 1.29. The molecular weight excluding hydrogens is 222 g/mol. The third kappa shape index (κ3) is 3.26. The first-order valence-electron chi connectivity index (χ1n) is 7.21. The van der Waals surface area contributed by atoms with Gasteiger partial charge in [0.1, 0.15) is 5.75 Å². The Balaban J connectivity index is 1.98. The quantitative estimate of drug-likeness (QED) is 0.822. The van der Waals surface area contributed by atoms with Crippen LogP contribution in [0.1, 0.15) is 50.6 Å². The van der Waals surface area contributed by atoms with Gasteiger partial charge in [-0.3, -0.25) is 0 Å². The van der Waals surface area contributed by atoms with E-state index in [9.17, 15) is 0 Å². The summed E-state index contributed by atoms with van der Waals surface area (Å²) >= 11 is 0. The number of nitrogens with one attached hydrogen (secondary N) is 1. The molecule has 0 aliphatic heterocycles. The molecule has 18 heavy (non-hydrogen) atoms. The molecule has 0 saturated heterocycles. The maximum Gasteiger partial charge on any atom is 0.123 e. The predicted octanol–water partition coefficient (Wildman–Crippen LogP) is 3.93. The molecule has 1 aromatic rings. The van der Waals surface area contributed by atoms with E-state index >= 15 is 0 Å². The molecule has 0 spiro atoms. The Morgan fingerprint density at radius 3 is 2.67 bits per heavy atom. The van der Waals surface area contributed by atoms with Crippen LogP contribution in [0.5, 0.6) is 5.75 Å². The number of hydrogen-bond donors (Lipinski definition) is 1. The van der Waals surface area contributed by atoms with Gasteiger partial charge in [-0.05, 0) is 37.8 Å². The molecular formula is C16H25NO. The molecule has 1 saturated carbocycles. The summed E-state index contributed by atoms with van der Waals surface area (Å²) in [6, 6.07) is 8.77. The maximum atomic E-state index is 5.46. The molecule has 2 heteroatoms. The third-order valence-electron chi connectivity index (χ3n) is 4.05. The highest BCUT2D eigenvalue weighted by molar-refractivity contribution is 5.35. The molecule has 0 bridgehead atoms. The minimum absolute atomic E-state index is 0.418. The standard InChI is InChI=1S/C16H25NO/c1-3-15(17-12-13-8-4-5-9-13)14-10-6-7-11-16(14)18-2/h6-7,10-11,13,15,17H,3-5,8-9,12H2,1-2H3. The van der Waals surface area contributed by atoms with Gasteiger partial charge in [-0.25, -0.2) is 0 Å². The highest BCUT2D eigenvalue weighted by atomic mass is 16.5.